The van der Waals surface area contributed by atoms with Crippen LogP contribution in [0.4, 0.5) is 4.79 Å². The number of aliphatic carboxylic acids is 1. The maximum Gasteiger partial charge on any atom is 0.417 e. The highest BCUT2D eigenvalue weighted by Crippen LogP contribution is 2.29. The number of hydrogen-bond acceptors (Lipinski definition) is 5. The van der Waals surface area contributed by atoms with Crippen molar-refractivity contribution in [1.82, 2.24) is 4.90 Å². The first-order valence-electron chi connectivity index (χ1n) is 6.46. The van der Waals surface area contributed by atoms with Crippen LogP contribution >= 0.6 is 0 Å². The number of nitrogens with zero attached hydrogens (tertiary/aromatic N) is 1. The molecule has 0 spiro atoms. The highest BCUT2D eigenvalue weighted by Gasteiger charge is 2.40. The Labute approximate surface area is 120 Å². The number of allylic oxidation sites excluding steroid dienone is 4. The summed E-state index contributed by atoms with van der Waals surface area (Å²) in [4.78, 5) is 23.7. The first-order chi connectivity index (χ1) is 10.1. The minimum atomic E-state index is -1.20. The van der Waals surface area contributed by atoms with E-state index in [2.05, 4.69) is 0 Å². The second-order valence-electron chi connectivity index (χ2n) is 4.66. The molecule has 0 unspecified atom stereocenters. The average molecular weight is 291 g/mol. The Bertz CT molecular complexity index is 601. The lowest BCUT2D eigenvalue weighted by atomic mass is 10.0. The van der Waals surface area contributed by atoms with Crippen LogP contribution < -0.4 is 0 Å². The molecule has 7 nitrogen and oxygen atoms in total. The molecule has 1 saturated heterocycles. The largest absolute Gasteiger partial charge is 0.478 e. The molecular formula is C14H13NO6. The van der Waals surface area contributed by atoms with E-state index in [1.807, 2.05) is 18.2 Å². The molecule has 110 valence electrons. The highest BCUT2D eigenvalue weighted by molar-refractivity contribution is 5.82. The van der Waals surface area contributed by atoms with Gasteiger partial charge in [0.2, 0.25) is 12.0 Å². The SMILES string of the molecule is O=C(O)[C@@H]1CN(C2=COC=C(C3=CC=CCC3)O2)C(=O)O1. The molecule has 1 aliphatic carbocycles. The first-order valence-corrected chi connectivity index (χ1v) is 6.46. The Balaban J connectivity index is 1.72. The number of rotatable bonds is 3. The molecule has 1 N–H and O–H groups in total. The van der Waals surface area contributed by atoms with Crippen LogP contribution in [0.2, 0.25) is 0 Å². The molecule has 0 saturated carbocycles. The van der Waals surface area contributed by atoms with Crippen molar-refractivity contribution in [3.8, 4) is 0 Å². The number of cyclic esters (lactones) is 1. The molecule has 0 aromatic carbocycles. The topological polar surface area (TPSA) is 85.3 Å². The molecule has 3 rings (SSSR count). The fourth-order valence-electron chi connectivity index (χ4n) is 2.15. The summed E-state index contributed by atoms with van der Waals surface area (Å²) in [6.45, 7) is -0.115. The maximum atomic E-state index is 11.7. The summed E-state index contributed by atoms with van der Waals surface area (Å²) in [5.74, 6) is -0.570. The molecule has 0 aromatic heterocycles. The quantitative estimate of drug-likeness (QED) is 0.854. The van der Waals surface area contributed by atoms with Crippen LogP contribution in [0.15, 0.2) is 48.0 Å². The zero-order valence-electron chi connectivity index (χ0n) is 11.0. The van der Waals surface area contributed by atoms with Crippen molar-refractivity contribution in [3.05, 3.63) is 48.0 Å². The van der Waals surface area contributed by atoms with Gasteiger partial charge in [-0.3, -0.25) is 0 Å². The number of amides is 1. The Hall–Kier alpha value is -2.70. The van der Waals surface area contributed by atoms with Gasteiger partial charge >= 0.3 is 12.1 Å². The summed E-state index contributed by atoms with van der Waals surface area (Å²) >= 11 is 0. The van der Waals surface area contributed by atoms with Crippen LogP contribution in [-0.4, -0.2) is 34.7 Å². The van der Waals surface area contributed by atoms with Crippen molar-refractivity contribution in [2.45, 2.75) is 18.9 Å². The third kappa shape index (κ3) is 2.62. The molecule has 21 heavy (non-hydrogen) atoms. The summed E-state index contributed by atoms with van der Waals surface area (Å²) in [7, 11) is 0. The number of carboxylic acids is 1. The van der Waals surface area contributed by atoms with Gasteiger partial charge in [-0.15, -0.1) is 0 Å². The van der Waals surface area contributed by atoms with E-state index in [0.717, 1.165) is 23.3 Å². The van der Waals surface area contributed by atoms with Gasteiger partial charge in [0.15, 0.2) is 12.0 Å². The predicted octanol–water partition coefficient (Wildman–Crippen LogP) is 1.86. The summed E-state index contributed by atoms with van der Waals surface area (Å²) < 4.78 is 15.6. The lowest BCUT2D eigenvalue weighted by Gasteiger charge is -2.23. The zero-order valence-corrected chi connectivity index (χ0v) is 11.0. The van der Waals surface area contributed by atoms with Crippen molar-refractivity contribution in [2.24, 2.45) is 0 Å². The van der Waals surface area contributed by atoms with Gasteiger partial charge in [0, 0.05) is 0 Å². The molecular weight excluding hydrogens is 278 g/mol. The second kappa shape index (κ2) is 5.35. The number of carbonyl (C=O) groups excluding carboxylic acids is 1. The summed E-state index contributed by atoms with van der Waals surface area (Å²) in [5.41, 5.74) is 0.949. The van der Waals surface area contributed by atoms with Gasteiger partial charge in [-0.2, -0.15) is 0 Å². The van der Waals surface area contributed by atoms with E-state index >= 15 is 0 Å². The molecule has 0 aromatic rings. The third-order valence-electron chi connectivity index (χ3n) is 3.24. The van der Waals surface area contributed by atoms with Crippen molar-refractivity contribution < 1.29 is 28.9 Å². The van der Waals surface area contributed by atoms with Gasteiger partial charge in [-0.1, -0.05) is 18.2 Å². The number of ether oxygens (including phenoxy) is 3. The molecule has 1 atom stereocenters. The highest BCUT2D eigenvalue weighted by atomic mass is 16.6. The van der Waals surface area contributed by atoms with Crippen LogP contribution in [0.3, 0.4) is 0 Å². The summed E-state index contributed by atoms with van der Waals surface area (Å²) in [6.07, 6.45) is 8.30. The van der Waals surface area contributed by atoms with Crippen LogP contribution in [-0.2, 0) is 19.0 Å². The Morgan fingerprint density at radius 2 is 2.24 bits per heavy atom. The second-order valence-corrected chi connectivity index (χ2v) is 4.66. The number of carbonyl (C=O) groups is 2. The van der Waals surface area contributed by atoms with Crippen molar-refractivity contribution >= 4 is 12.1 Å². The van der Waals surface area contributed by atoms with Gasteiger partial charge in [0.1, 0.15) is 6.26 Å². The van der Waals surface area contributed by atoms with E-state index < -0.39 is 18.2 Å². The van der Waals surface area contributed by atoms with Gasteiger partial charge < -0.3 is 19.3 Å². The lowest BCUT2D eigenvalue weighted by Crippen LogP contribution is -2.29. The Morgan fingerprint density at radius 3 is 2.90 bits per heavy atom. The Kier molecular flexibility index (Phi) is 3.39. The van der Waals surface area contributed by atoms with Crippen LogP contribution in [0.5, 0.6) is 0 Å². The lowest BCUT2D eigenvalue weighted by molar-refractivity contribution is -0.144. The maximum absolute atomic E-state index is 11.7. The van der Waals surface area contributed by atoms with E-state index in [1.54, 1.807) is 0 Å². The zero-order chi connectivity index (χ0) is 14.8. The van der Waals surface area contributed by atoms with E-state index in [-0.39, 0.29) is 12.4 Å². The average Bonchev–Trinajstić information content (AvgIpc) is 2.91. The number of carboxylic acid groups (broad SMARTS) is 1. The molecule has 2 aliphatic heterocycles. The molecule has 0 bridgehead atoms. The van der Waals surface area contributed by atoms with Crippen LogP contribution in [0, 0.1) is 0 Å². The minimum Gasteiger partial charge on any atom is -0.478 e. The molecule has 1 amide bonds. The van der Waals surface area contributed by atoms with Crippen molar-refractivity contribution in [2.75, 3.05) is 6.54 Å². The minimum absolute atomic E-state index is 0.115. The van der Waals surface area contributed by atoms with Gasteiger partial charge in [0.05, 0.1) is 6.54 Å². The van der Waals surface area contributed by atoms with Crippen LogP contribution in [0.25, 0.3) is 0 Å². The smallest absolute Gasteiger partial charge is 0.417 e. The summed E-state index contributed by atoms with van der Waals surface area (Å²) in [6, 6.07) is 0. The van der Waals surface area contributed by atoms with E-state index in [9.17, 15) is 9.59 Å². The summed E-state index contributed by atoms with van der Waals surface area (Å²) in [5, 5.41) is 8.88. The first kappa shape index (κ1) is 13.3. The van der Waals surface area contributed by atoms with Crippen molar-refractivity contribution in [1.29, 1.82) is 0 Å². The molecule has 3 aliphatic rings. The van der Waals surface area contributed by atoms with E-state index in [0.29, 0.717) is 5.76 Å². The third-order valence-corrected chi connectivity index (χ3v) is 3.24. The molecule has 1 fully saturated rings. The van der Waals surface area contributed by atoms with Gasteiger partial charge in [0.25, 0.3) is 0 Å². The molecule has 7 heteroatoms. The number of hydrogen-bond donors (Lipinski definition) is 1. The molecule has 2 heterocycles. The predicted molar refractivity (Wildman–Crippen MR) is 69.4 cm³/mol. The fourth-order valence-corrected chi connectivity index (χ4v) is 2.15. The standard InChI is InChI=1S/C14H13NO6/c16-13(17)10-6-15(14(18)21-10)12-8-19-7-11(20-12)9-4-2-1-3-5-9/h1-2,4,7-8,10H,3,5-6H2,(H,16,17)/t10-/m0/s1. The van der Waals surface area contributed by atoms with E-state index in [4.69, 9.17) is 19.3 Å². The molecule has 0 radical (unpaired) electrons. The van der Waals surface area contributed by atoms with Gasteiger partial charge in [-0.05, 0) is 18.4 Å². The monoisotopic (exact) mass is 291 g/mol. The normalized spacial score (nSPS) is 24.4. The van der Waals surface area contributed by atoms with Gasteiger partial charge in [-0.25, -0.2) is 14.5 Å². The van der Waals surface area contributed by atoms with Crippen molar-refractivity contribution in [3.63, 3.8) is 0 Å². The van der Waals surface area contributed by atoms with Crippen LogP contribution in [0.1, 0.15) is 12.8 Å². The Morgan fingerprint density at radius 1 is 1.38 bits per heavy atom. The van der Waals surface area contributed by atoms with E-state index in [1.165, 1.54) is 12.5 Å². The fraction of sp³-hybridized carbons (Fsp3) is 0.286.